The summed E-state index contributed by atoms with van der Waals surface area (Å²) in [6, 6.07) is 16.9. The number of pyridine rings is 1. The molecule has 0 saturated carbocycles. The van der Waals surface area contributed by atoms with E-state index in [1.54, 1.807) is 6.20 Å². The van der Waals surface area contributed by atoms with E-state index in [9.17, 15) is 0 Å². The second kappa shape index (κ2) is 5.74. The van der Waals surface area contributed by atoms with Gasteiger partial charge in [0.15, 0.2) is 5.15 Å². The van der Waals surface area contributed by atoms with Gasteiger partial charge in [0.25, 0.3) is 0 Å². The molecule has 2 aromatic carbocycles. The van der Waals surface area contributed by atoms with Crippen LogP contribution in [0.25, 0.3) is 10.8 Å². The van der Waals surface area contributed by atoms with E-state index in [1.165, 1.54) is 16.3 Å². The van der Waals surface area contributed by atoms with Crippen molar-refractivity contribution in [1.29, 1.82) is 0 Å². The molecule has 0 radical (unpaired) electrons. The Kier molecular flexibility index (Phi) is 3.80. The third kappa shape index (κ3) is 2.72. The Labute approximate surface area is 129 Å². The SMILES string of the molecule is Cc1ccnc(Cl)c1NC(C)c1cccc2ccccc12. The number of rotatable bonds is 3. The lowest BCUT2D eigenvalue weighted by atomic mass is 9.99. The van der Waals surface area contributed by atoms with Crippen LogP contribution in [0.4, 0.5) is 5.69 Å². The van der Waals surface area contributed by atoms with Crippen LogP contribution in [0, 0.1) is 6.92 Å². The maximum atomic E-state index is 6.21. The number of halogens is 1. The van der Waals surface area contributed by atoms with Gasteiger partial charge in [-0.15, -0.1) is 0 Å². The molecule has 2 nitrogen and oxygen atoms in total. The predicted octanol–water partition coefficient (Wildman–Crippen LogP) is 5.37. The van der Waals surface area contributed by atoms with Crippen LogP contribution in [0.2, 0.25) is 5.15 Å². The fourth-order valence-electron chi connectivity index (χ4n) is 2.62. The Morgan fingerprint density at radius 3 is 2.62 bits per heavy atom. The van der Waals surface area contributed by atoms with Gasteiger partial charge in [-0.3, -0.25) is 0 Å². The maximum absolute atomic E-state index is 6.21. The van der Waals surface area contributed by atoms with Gasteiger partial charge in [-0.05, 0) is 41.8 Å². The molecule has 1 heterocycles. The molecule has 0 aliphatic heterocycles. The number of hydrogen-bond donors (Lipinski definition) is 1. The standard InChI is InChI=1S/C18H17ClN2/c1-12-10-11-20-18(19)17(12)21-13(2)15-9-5-7-14-6-3-4-8-16(14)15/h3-11,13,21H,1-2H3. The number of fused-ring (bicyclic) bond motifs is 1. The quantitative estimate of drug-likeness (QED) is 0.657. The van der Waals surface area contributed by atoms with Gasteiger partial charge in [-0.1, -0.05) is 54.1 Å². The van der Waals surface area contributed by atoms with Gasteiger partial charge in [-0.25, -0.2) is 4.98 Å². The molecule has 3 aromatic rings. The third-order valence-electron chi connectivity index (χ3n) is 3.76. The van der Waals surface area contributed by atoms with E-state index in [4.69, 9.17) is 11.6 Å². The lowest BCUT2D eigenvalue weighted by molar-refractivity contribution is 0.890. The van der Waals surface area contributed by atoms with Gasteiger partial charge in [0.05, 0.1) is 5.69 Å². The summed E-state index contributed by atoms with van der Waals surface area (Å²) in [5.41, 5.74) is 3.26. The number of hydrogen-bond acceptors (Lipinski definition) is 2. The van der Waals surface area contributed by atoms with Crippen LogP contribution in [0.1, 0.15) is 24.1 Å². The number of anilines is 1. The first-order valence-electron chi connectivity index (χ1n) is 7.02. The smallest absolute Gasteiger partial charge is 0.152 e. The van der Waals surface area contributed by atoms with Crippen molar-refractivity contribution in [3.8, 4) is 0 Å². The number of aryl methyl sites for hydroxylation is 1. The van der Waals surface area contributed by atoms with Crippen molar-refractivity contribution in [2.24, 2.45) is 0 Å². The van der Waals surface area contributed by atoms with Crippen LogP contribution in [-0.4, -0.2) is 4.98 Å². The molecule has 0 aliphatic carbocycles. The fraction of sp³-hybridized carbons (Fsp3) is 0.167. The summed E-state index contributed by atoms with van der Waals surface area (Å²) < 4.78 is 0. The van der Waals surface area contributed by atoms with Crippen LogP contribution >= 0.6 is 11.6 Å². The molecule has 1 atom stereocenters. The summed E-state index contributed by atoms with van der Waals surface area (Å²) in [5.74, 6) is 0. The molecule has 0 aliphatic rings. The highest BCUT2D eigenvalue weighted by molar-refractivity contribution is 6.32. The second-order valence-electron chi connectivity index (χ2n) is 5.23. The summed E-state index contributed by atoms with van der Waals surface area (Å²) >= 11 is 6.21. The van der Waals surface area contributed by atoms with Crippen molar-refractivity contribution in [2.75, 3.05) is 5.32 Å². The Balaban J connectivity index is 2.00. The monoisotopic (exact) mass is 296 g/mol. The summed E-state index contributed by atoms with van der Waals surface area (Å²) in [6.45, 7) is 4.18. The number of benzene rings is 2. The molecular formula is C18H17ClN2. The minimum Gasteiger partial charge on any atom is -0.376 e. The lowest BCUT2D eigenvalue weighted by Crippen LogP contribution is -2.09. The van der Waals surface area contributed by atoms with Crippen LogP contribution in [0.15, 0.2) is 54.7 Å². The Morgan fingerprint density at radius 1 is 1.05 bits per heavy atom. The molecule has 21 heavy (non-hydrogen) atoms. The topological polar surface area (TPSA) is 24.9 Å². The first-order valence-corrected chi connectivity index (χ1v) is 7.40. The van der Waals surface area contributed by atoms with Crippen molar-refractivity contribution in [3.05, 3.63) is 71.0 Å². The molecule has 0 spiro atoms. The van der Waals surface area contributed by atoms with E-state index in [2.05, 4.69) is 59.7 Å². The van der Waals surface area contributed by atoms with Crippen molar-refractivity contribution in [1.82, 2.24) is 4.98 Å². The van der Waals surface area contributed by atoms with Crippen LogP contribution in [0.3, 0.4) is 0 Å². The van der Waals surface area contributed by atoms with Gasteiger partial charge in [0.1, 0.15) is 0 Å². The highest BCUT2D eigenvalue weighted by atomic mass is 35.5. The highest BCUT2D eigenvalue weighted by Crippen LogP contribution is 2.30. The minimum absolute atomic E-state index is 0.150. The molecule has 1 unspecified atom stereocenters. The van der Waals surface area contributed by atoms with Crippen molar-refractivity contribution >= 4 is 28.1 Å². The van der Waals surface area contributed by atoms with Crippen molar-refractivity contribution in [3.63, 3.8) is 0 Å². The number of nitrogens with one attached hydrogen (secondary N) is 1. The van der Waals surface area contributed by atoms with Crippen LogP contribution < -0.4 is 5.32 Å². The predicted molar refractivity (Wildman–Crippen MR) is 90.0 cm³/mol. The van der Waals surface area contributed by atoms with Crippen LogP contribution in [0.5, 0.6) is 0 Å². The Hall–Kier alpha value is -2.06. The highest BCUT2D eigenvalue weighted by Gasteiger charge is 2.12. The first-order chi connectivity index (χ1) is 10.2. The molecular weight excluding hydrogens is 280 g/mol. The van der Waals surface area contributed by atoms with Gasteiger partial charge < -0.3 is 5.32 Å². The maximum Gasteiger partial charge on any atom is 0.152 e. The van der Waals surface area contributed by atoms with E-state index in [0.717, 1.165) is 11.3 Å². The van der Waals surface area contributed by atoms with Crippen molar-refractivity contribution in [2.45, 2.75) is 19.9 Å². The zero-order valence-electron chi connectivity index (χ0n) is 12.1. The minimum atomic E-state index is 0.150. The van der Waals surface area contributed by atoms with Gasteiger partial charge in [0, 0.05) is 12.2 Å². The summed E-state index contributed by atoms with van der Waals surface area (Å²) in [5, 5.41) is 6.52. The summed E-state index contributed by atoms with van der Waals surface area (Å²) in [7, 11) is 0. The molecule has 0 bridgehead atoms. The average Bonchev–Trinajstić information content (AvgIpc) is 2.50. The molecule has 0 fully saturated rings. The fourth-order valence-corrected chi connectivity index (χ4v) is 2.88. The number of aromatic nitrogens is 1. The summed E-state index contributed by atoms with van der Waals surface area (Å²) in [4.78, 5) is 4.15. The second-order valence-corrected chi connectivity index (χ2v) is 5.59. The Bertz CT molecular complexity index is 758. The average molecular weight is 297 g/mol. The molecule has 1 aromatic heterocycles. The van der Waals surface area contributed by atoms with E-state index >= 15 is 0 Å². The van der Waals surface area contributed by atoms with E-state index < -0.39 is 0 Å². The number of nitrogens with zero attached hydrogens (tertiary/aromatic N) is 1. The molecule has 3 heteroatoms. The normalized spacial score (nSPS) is 12.3. The van der Waals surface area contributed by atoms with Crippen molar-refractivity contribution < 1.29 is 0 Å². The van der Waals surface area contributed by atoms with Crippen LogP contribution in [-0.2, 0) is 0 Å². The van der Waals surface area contributed by atoms with E-state index in [-0.39, 0.29) is 6.04 Å². The molecule has 0 saturated heterocycles. The summed E-state index contributed by atoms with van der Waals surface area (Å²) in [6.07, 6.45) is 1.73. The third-order valence-corrected chi connectivity index (χ3v) is 4.05. The van der Waals surface area contributed by atoms with Gasteiger partial charge in [0.2, 0.25) is 0 Å². The molecule has 3 rings (SSSR count). The molecule has 106 valence electrons. The Morgan fingerprint density at radius 2 is 1.81 bits per heavy atom. The zero-order valence-corrected chi connectivity index (χ0v) is 12.9. The zero-order chi connectivity index (χ0) is 14.8. The molecule has 1 N–H and O–H groups in total. The molecule has 0 amide bonds. The largest absolute Gasteiger partial charge is 0.376 e. The van der Waals surface area contributed by atoms with Gasteiger partial charge in [-0.2, -0.15) is 0 Å². The van der Waals surface area contributed by atoms with Gasteiger partial charge >= 0.3 is 0 Å². The lowest BCUT2D eigenvalue weighted by Gasteiger charge is -2.19. The van der Waals surface area contributed by atoms with E-state index in [1.807, 2.05) is 13.0 Å². The van der Waals surface area contributed by atoms with E-state index in [0.29, 0.717) is 5.15 Å². The first kappa shape index (κ1) is 13.9.